The predicted molar refractivity (Wildman–Crippen MR) is 99.8 cm³/mol. The fourth-order valence-electron chi connectivity index (χ4n) is 3.74. The Balaban J connectivity index is 1.29. The first-order chi connectivity index (χ1) is 12.8. The number of carbonyl (C=O) groups is 1. The number of nitrogens with one attached hydrogen (secondary N) is 1. The first-order valence-corrected chi connectivity index (χ1v) is 9.52. The Morgan fingerprint density at radius 3 is 2.65 bits per heavy atom. The van der Waals surface area contributed by atoms with Crippen molar-refractivity contribution in [3.05, 3.63) is 30.1 Å². The summed E-state index contributed by atoms with van der Waals surface area (Å²) in [6.45, 7) is 8.05. The van der Waals surface area contributed by atoms with Crippen LogP contribution in [0.5, 0.6) is 0 Å². The molecular formula is C19H27N5O2. The van der Waals surface area contributed by atoms with Crippen LogP contribution in [0.2, 0.25) is 0 Å². The quantitative estimate of drug-likeness (QED) is 0.882. The Bertz CT molecular complexity index is 707. The maximum absolute atomic E-state index is 12.5. The van der Waals surface area contributed by atoms with Crippen LogP contribution in [0, 0.1) is 0 Å². The average Bonchev–Trinajstić information content (AvgIpc) is 2.95. The summed E-state index contributed by atoms with van der Waals surface area (Å²) in [6, 6.07) is 8.14. The van der Waals surface area contributed by atoms with Gasteiger partial charge in [-0.25, -0.2) is 4.98 Å². The zero-order chi connectivity index (χ0) is 17.8. The number of hydrogen-bond acceptors (Lipinski definition) is 5. The molecule has 4 rings (SSSR count). The number of carbonyl (C=O) groups excluding carboxylic acids is 1. The first kappa shape index (κ1) is 17.5. The molecule has 0 saturated carbocycles. The molecule has 0 spiro atoms. The number of aromatic nitrogens is 2. The van der Waals surface area contributed by atoms with Gasteiger partial charge in [-0.3, -0.25) is 14.6 Å². The SMILES string of the molecule is O=C(CN1CCCN(Cc2nc3ccccc3[nH]2)CC1)N1CCOCC1. The monoisotopic (exact) mass is 357 g/mol. The number of aromatic amines is 1. The second-order valence-electron chi connectivity index (χ2n) is 7.10. The van der Waals surface area contributed by atoms with Crippen LogP contribution in [0.25, 0.3) is 11.0 Å². The van der Waals surface area contributed by atoms with Gasteiger partial charge in [-0.15, -0.1) is 0 Å². The van der Waals surface area contributed by atoms with Crippen LogP contribution < -0.4 is 0 Å². The molecule has 0 bridgehead atoms. The lowest BCUT2D eigenvalue weighted by molar-refractivity contribution is -0.136. The molecule has 7 heteroatoms. The molecule has 140 valence electrons. The number of benzene rings is 1. The number of fused-ring (bicyclic) bond motifs is 1. The summed E-state index contributed by atoms with van der Waals surface area (Å²) in [6.07, 6.45) is 1.08. The van der Waals surface area contributed by atoms with Crippen molar-refractivity contribution in [2.75, 3.05) is 59.0 Å². The lowest BCUT2D eigenvalue weighted by Crippen LogP contribution is -2.46. The molecule has 1 aromatic carbocycles. The molecular weight excluding hydrogens is 330 g/mol. The lowest BCUT2D eigenvalue weighted by atomic mass is 10.3. The Morgan fingerprint density at radius 1 is 1.04 bits per heavy atom. The fraction of sp³-hybridized carbons (Fsp3) is 0.579. The van der Waals surface area contributed by atoms with Gasteiger partial charge in [0.15, 0.2) is 0 Å². The Hall–Kier alpha value is -1.96. The van der Waals surface area contributed by atoms with Crippen LogP contribution in [-0.2, 0) is 16.1 Å². The maximum atomic E-state index is 12.5. The van der Waals surface area contributed by atoms with Crippen molar-refractivity contribution in [2.45, 2.75) is 13.0 Å². The van der Waals surface area contributed by atoms with Crippen LogP contribution in [0.4, 0.5) is 0 Å². The molecule has 0 radical (unpaired) electrons. The molecule has 26 heavy (non-hydrogen) atoms. The van der Waals surface area contributed by atoms with Crippen LogP contribution in [0.1, 0.15) is 12.2 Å². The molecule has 2 aromatic rings. The summed E-state index contributed by atoms with van der Waals surface area (Å²) in [4.78, 5) is 27.2. The van der Waals surface area contributed by atoms with Crippen LogP contribution in [0.3, 0.4) is 0 Å². The van der Waals surface area contributed by atoms with Crippen LogP contribution >= 0.6 is 0 Å². The fourth-order valence-corrected chi connectivity index (χ4v) is 3.74. The van der Waals surface area contributed by atoms with E-state index in [9.17, 15) is 4.79 Å². The number of para-hydroxylation sites is 2. The number of rotatable bonds is 4. The smallest absolute Gasteiger partial charge is 0.236 e. The maximum Gasteiger partial charge on any atom is 0.236 e. The third-order valence-electron chi connectivity index (χ3n) is 5.22. The first-order valence-electron chi connectivity index (χ1n) is 9.52. The van der Waals surface area contributed by atoms with Crippen molar-refractivity contribution in [3.8, 4) is 0 Å². The van der Waals surface area contributed by atoms with Crippen LogP contribution in [-0.4, -0.2) is 89.6 Å². The minimum atomic E-state index is 0.235. The zero-order valence-corrected chi connectivity index (χ0v) is 15.2. The number of ether oxygens (including phenoxy) is 1. The lowest BCUT2D eigenvalue weighted by Gasteiger charge is -2.29. The summed E-state index contributed by atoms with van der Waals surface area (Å²) in [5, 5.41) is 0. The van der Waals surface area contributed by atoms with E-state index in [1.54, 1.807) is 0 Å². The van der Waals surface area contributed by atoms with Gasteiger partial charge in [-0.2, -0.15) is 0 Å². The predicted octanol–water partition coefficient (Wildman–Crippen LogP) is 0.929. The molecule has 1 N–H and O–H groups in total. The van der Waals surface area contributed by atoms with E-state index in [-0.39, 0.29) is 5.91 Å². The molecule has 1 amide bonds. The third-order valence-corrected chi connectivity index (χ3v) is 5.22. The highest BCUT2D eigenvalue weighted by Gasteiger charge is 2.22. The van der Waals surface area contributed by atoms with Crippen molar-refractivity contribution in [1.82, 2.24) is 24.7 Å². The molecule has 0 atom stereocenters. The van der Waals surface area contributed by atoms with Gasteiger partial charge in [0.1, 0.15) is 5.82 Å². The van der Waals surface area contributed by atoms with Crippen molar-refractivity contribution in [2.24, 2.45) is 0 Å². The highest BCUT2D eigenvalue weighted by atomic mass is 16.5. The molecule has 3 heterocycles. The number of nitrogens with zero attached hydrogens (tertiary/aromatic N) is 4. The Morgan fingerprint density at radius 2 is 1.81 bits per heavy atom. The van der Waals surface area contributed by atoms with Crippen molar-refractivity contribution >= 4 is 16.9 Å². The van der Waals surface area contributed by atoms with E-state index in [2.05, 4.69) is 25.8 Å². The summed E-state index contributed by atoms with van der Waals surface area (Å²) in [7, 11) is 0. The molecule has 7 nitrogen and oxygen atoms in total. The topological polar surface area (TPSA) is 64.7 Å². The van der Waals surface area contributed by atoms with Crippen molar-refractivity contribution in [1.29, 1.82) is 0 Å². The van der Waals surface area contributed by atoms with Gasteiger partial charge in [0.25, 0.3) is 0 Å². The van der Waals surface area contributed by atoms with Gasteiger partial charge in [0, 0.05) is 26.2 Å². The van der Waals surface area contributed by atoms with Gasteiger partial charge in [-0.05, 0) is 31.6 Å². The van der Waals surface area contributed by atoms with Crippen molar-refractivity contribution in [3.63, 3.8) is 0 Å². The summed E-state index contributed by atoms with van der Waals surface area (Å²) < 4.78 is 5.33. The van der Waals surface area contributed by atoms with E-state index >= 15 is 0 Å². The number of morpholine rings is 1. The van der Waals surface area contributed by atoms with Crippen molar-refractivity contribution < 1.29 is 9.53 Å². The van der Waals surface area contributed by atoms with Gasteiger partial charge in [-0.1, -0.05) is 12.1 Å². The minimum Gasteiger partial charge on any atom is -0.378 e. The number of imidazole rings is 1. The van der Waals surface area contributed by atoms with Gasteiger partial charge < -0.3 is 14.6 Å². The standard InChI is InChI=1S/C19H27N5O2/c25-19(24-10-12-26-13-11-24)15-23-7-3-6-22(8-9-23)14-18-20-16-4-1-2-5-17(16)21-18/h1-2,4-5H,3,6-15H2,(H,20,21). The molecule has 2 fully saturated rings. The van der Waals surface area contributed by atoms with E-state index in [0.29, 0.717) is 19.8 Å². The number of H-pyrrole nitrogens is 1. The van der Waals surface area contributed by atoms with Crippen LogP contribution in [0.15, 0.2) is 24.3 Å². The average molecular weight is 357 g/mol. The van der Waals surface area contributed by atoms with Gasteiger partial charge >= 0.3 is 0 Å². The third kappa shape index (κ3) is 4.23. The molecule has 0 aliphatic carbocycles. The minimum absolute atomic E-state index is 0.235. The highest BCUT2D eigenvalue weighted by Crippen LogP contribution is 2.13. The summed E-state index contributed by atoms with van der Waals surface area (Å²) >= 11 is 0. The van der Waals surface area contributed by atoms with E-state index in [0.717, 1.165) is 69.1 Å². The summed E-state index contributed by atoms with van der Waals surface area (Å²) in [5.41, 5.74) is 2.12. The van der Waals surface area contributed by atoms with E-state index < -0.39 is 0 Å². The van der Waals surface area contributed by atoms with Gasteiger partial charge in [0.2, 0.25) is 5.91 Å². The second-order valence-corrected chi connectivity index (χ2v) is 7.10. The van der Waals surface area contributed by atoms with E-state index in [1.807, 2.05) is 23.1 Å². The molecule has 2 aliphatic rings. The second kappa shape index (κ2) is 8.16. The Labute approximate surface area is 153 Å². The van der Waals surface area contributed by atoms with Gasteiger partial charge in [0.05, 0.1) is 37.3 Å². The number of hydrogen-bond donors (Lipinski definition) is 1. The summed E-state index contributed by atoms with van der Waals surface area (Å²) in [5.74, 6) is 1.25. The molecule has 0 unspecified atom stereocenters. The molecule has 2 aliphatic heterocycles. The number of amides is 1. The molecule has 2 saturated heterocycles. The van der Waals surface area contributed by atoms with E-state index in [1.165, 1.54) is 0 Å². The Kier molecular flexibility index (Phi) is 5.48. The highest BCUT2D eigenvalue weighted by molar-refractivity contribution is 5.78. The largest absolute Gasteiger partial charge is 0.378 e. The van der Waals surface area contributed by atoms with E-state index in [4.69, 9.17) is 4.74 Å². The zero-order valence-electron chi connectivity index (χ0n) is 15.2. The molecule has 1 aromatic heterocycles. The normalized spacial score (nSPS) is 20.4.